The molecular formula is C15H23N3O. The number of nitrogens with zero attached hydrogens (tertiary/aromatic N) is 1. The van der Waals surface area contributed by atoms with Gasteiger partial charge in [-0.15, -0.1) is 0 Å². The van der Waals surface area contributed by atoms with Crippen LogP contribution >= 0.6 is 0 Å². The third kappa shape index (κ3) is 3.78. The van der Waals surface area contributed by atoms with Crippen LogP contribution in [-0.2, 0) is 4.79 Å². The summed E-state index contributed by atoms with van der Waals surface area (Å²) in [7, 11) is 0. The van der Waals surface area contributed by atoms with Crippen molar-refractivity contribution in [1.29, 1.82) is 0 Å². The fraction of sp³-hybridized carbons (Fsp3) is 0.533. The van der Waals surface area contributed by atoms with Crippen LogP contribution in [0.2, 0.25) is 0 Å². The van der Waals surface area contributed by atoms with Gasteiger partial charge in [0, 0.05) is 18.3 Å². The Bertz CT molecular complexity index is 430. The zero-order valence-electron chi connectivity index (χ0n) is 11.7. The predicted molar refractivity (Wildman–Crippen MR) is 78.0 cm³/mol. The summed E-state index contributed by atoms with van der Waals surface area (Å²) in [6.45, 7) is 6.28. The minimum absolute atomic E-state index is 0.0494. The molecular weight excluding hydrogens is 238 g/mol. The van der Waals surface area contributed by atoms with Gasteiger partial charge in [0.2, 0.25) is 5.91 Å². The fourth-order valence-corrected chi connectivity index (χ4v) is 2.63. The van der Waals surface area contributed by atoms with Crippen LogP contribution in [0.25, 0.3) is 0 Å². The lowest BCUT2D eigenvalue weighted by molar-refractivity contribution is -0.117. The van der Waals surface area contributed by atoms with Crippen molar-refractivity contribution in [2.75, 3.05) is 25.0 Å². The van der Waals surface area contributed by atoms with Gasteiger partial charge in [-0.2, -0.15) is 0 Å². The van der Waals surface area contributed by atoms with Crippen molar-refractivity contribution in [3.05, 3.63) is 29.8 Å². The highest BCUT2D eigenvalue weighted by atomic mass is 16.2. The summed E-state index contributed by atoms with van der Waals surface area (Å²) >= 11 is 0. The normalized spacial score (nSPS) is 23.5. The van der Waals surface area contributed by atoms with Crippen molar-refractivity contribution >= 4 is 11.6 Å². The van der Waals surface area contributed by atoms with E-state index in [0.29, 0.717) is 25.0 Å². The Kier molecular flexibility index (Phi) is 4.56. The van der Waals surface area contributed by atoms with Gasteiger partial charge in [-0.3, -0.25) is 9.69 Å². The largest absolute Gasteiger partial charge is 0.330 e. The van der Waals surface area contributed by atoms with Gasteiger partial charge in [-0.05, 0) is 44.9 Å². The molecule has 0 aliphatic carbocycles. The van der Waals surface area contributed by atoms with Crippen LogP contribution in [0.15, 0.2) is 24.3 Å². The minimum Gasteiger partial charge on any atom is -0.330 e. The molecule has 1 aromatic carbocycles. The van der Waals surface area contributed by atoms with E-state index < -0.39 is 0 Å². The lowest BCUT2D eigenvalue weighted by Gasteiger charge is -2.20. The van der Waals surface area contributed by atoms with Crippen molar-refractivity contribution in [1.82, 2.24) is 4.90 Å². The minimum atomic E-state index is 0.0494. The molecule has 1 aliphatic rings. The van der Waals surface area contributed by atoms with E-state index in [4.69, 9.17) is 5.73 Å². The number of carbonyl (C=O) groups excluding carboxylic acids is 1. The number of benzene rings is 1. The second-order valence-corrected chi connectivity index (χ2v) is 5.53. The topological polar surface area (TPSA) is 58.4 Å². The SMILES string of the molecule is Cc1ccc(NC(=O)CN2CC(CN)CC2C)cc1. The Balaban J connectivity index is 1.86. The molecule has 1 aromatic rings. The number of hydrogen-bond acceptors (Lipinski definition) is 3. The lowest BCUT2D eigenvalue weighted by Crippen LogP contribution is -2.35. The van der Waals surface area contributed by atoms with Crippen LogP contribution in [-0.4, -0.2) is 36.5 Å². The highest BCUT2D eigenvalue weighted by Crippen LogP contribution is 2.21. The number of rotatable bonds is 4. The summed E-state index contributed by atoms with van der Waals surface area (Å²) in [6.07, 6.45) is 1.09. The highest BCUT2D eigenvalue weighted by Gasteiger charge is 2.29. The van der Waals surface area contributed by atoms with Crippen LogP contribution in [0.3, 0.4) is 0 Å². The molecule has 2 rings (SSSR count). The molecule has 4 heteroatoms. The molecule has 4 nitrogen and oxygen atoms in total. The van der Waals surface area contributed by atoms with Crippen LogP contribution in [0.5, 0.6) is 0 Å². The molecule has 1 fully saturated rings. The molecule has 0 bridgehead atoms. The van der Waals surface area contributed by atoms with E-state index >= 15 is 0 Å². The van der Waals surface area contributed by atoms with Gasteiger partial charge in [0.25, 0.3) is 0 Å². The molecule has 0 spiro atoms. The number of nitrogens with one attached hydrogen (secondary N) is 1. The van der Waals surface area contributed by atoms with Crippen molar-refractivity contribution in [3.63, 3.8) is 0 Å². The van der Waals surface area contributed by atoms with Gasteiger partial charge in [-0.1, -0.05) is 17.7 Å². The Hall–Kier alpha value is -1.39. The summed E-state index contributed by atoms with van der Waals surface area (Å²) in [6, 6.07) is 8.31. The first-order valence-corrected chi connectivity index (χ1v) is 6.89. The van der Waals surface area contributed by atoms with Crippen molar-refractivity contribution in [3.8, 4) is 0 Å². The molecule has 3 N–H and O–H groups in total. The number of nitrogens with two attached hydrogens (primary N) is 1. The molecule has 104 valence electrons. The monoisotopic (exact) mass is 261 g/mol. The van der Waals surface area contributed by atoms with Crippen LogP contribution < -0.4 is 11.1 Å². The Labute approximate surface area is 115 Å². The molecule has 0 radical (unpaired) electrons. The smallest absolute Gasteiger partial charge is 0.238 e. The predicted octanol–water partition coefficient (Wildman–Crippen LogP) is 1.60. The molecule has 2 atom stereocenters. The van der Waals surface area contributed by atoms with E-state index in [1.54, 1.807) is 0 Å². The molecule has 19 heavy (non-hydrogen) atoms. The van der Waals surface area contributed by atoms with E-state index in [0.717, 1.165) is 18.7 Å². The first-order chi connectivity index (χ1) is 9.08. The third-order valence-corrected chi connectivity index (χ3v) is 3.81. The van der Waals surface area contributed by atoms with Crippen molar-refractivity contribution in [2.24, 2.45) is 11.7 Å². The summed E-state index contributed by atoms with van der Waals surface area (Å²) in [4.78, 5) is 14.2. The fourth-order valence-electron chi connectivity index (χ4n) is 2.63. The maximum atomic E-state index is 12.0. The molecule has 1 amide bonds. The van der Waals surface area contributed by atoms with Gasteiger partial charge in [0.15, 0.2) is 0 Å². The molecule has 1 saturated heterocycles. The van der Waals surface area contributed by atoms with Crippen molar-refractivity contribution < 1.29 is 4.79 Å². The summed E-state index contributed by atoms with van der Waals surface area (Å²) in [5.41, 5.74) is 7.75. The molecule has 0 aromatic heterocycles. The van der Waals surface area contributed by atoms with E-state index in [2.05, 4.69) is 17.1 Å². The van der Waals surface area contributed by atoms with Crippen LogP contribution in [0, 0.1) is 12.8 Å². The number of hydrogen-bond donors (Lipinski definition) is 2. The van der Waals surface area contributed by atoms with E-state index in [9.17, 15) is 4.79 Å². The van der Waals surface area contributed by atoms with Gasteiger partial charge in [0.1, 0.15) is 0 Å². The quantitative estimate of drug-likeness (QED) is 0.865. The van der Waals surface area contributed by atoms with Crippen LogP contribution in [0.1, 0.15) is 18.9 Å². The second kappa shape index (κ2) is 6.17. The summed E-state index contributed by atoms with van der Waals surface area (Å²) in [5.74, 6) is 0.579. The van der Waals surface area contributed by atoms with E-state index in [1.165, 1.54) is 5.56 Å². The standard InChI is InChI=1S/C15H23N3O/c1-11-3-5-14(6-4-11)17-15(19)10-18-9-13(8-16)7-12(18)2/h3-6,12-13H,7-10,16H2,1-2H3,(H,17,19). The number of carbonyl (C=O) groups is 1. The lowest BCUT2D eigenvalue weighted by atomic mass is 10.1. The van der Waals surface area contributed by atoms with Crippen LogP contribution in [0.4, 0.5) is 5.69 Å². The molecule has 1 aliphatic heterocycles. The van der Waals surface area contributed by atoms with E-state index in [1.807, 2.05) is 31.2 Å². The van der Waals surface area contributed by atoms with Crippen molar-refractivity contribution in [2.45, 2.75) is 26.3 Å². The van der Waals surface area contributed by atoms with Gasteiger partial charge < -0.3 is 11.1 Å². The molecule has 1 heterocycles. The summed E-state index contributed by atoms with van der Waals surface area (Å²) < 4.78 is 0. The van der Waals surface area contributed by atoms with Gasteiger partial charge in [-0.25, -0.2) is 0 Å². The number of amides is 1. The highest BCUT2D eigenvalue weighted by molar-refractivity contribution is 5.92. The first-order valence-electron chi connectivity index (χ1n) is 6.89. The Morgan fingerprint density at radius 1 is 1.42 bits per heavy atom. The zero-order valence-corrected chi connectivity index (χ0v) is 11.7. The maximum Gasteiger partial charge on any atom is 0.238 e. The number of aryl methyl sites for hydroxylation is 1. The molecule has 2 unspecified atom stereocenters. The average Bonchev–Trinajstić information content (AvgIpc) is 2.73. The van der Waals surface area contributed by atoms with Gasteiger partial charge >= 0.3 is 0 Å². The second-order valence-electron chi connectivity index (χ2n) is 5.53. The molecule has 0 saturated carbocycles. The number of anilines is 1. The average molecular weight is 261 g/mol. The van der Waals surface area contributed by atoms with E-state index in [-0.39, 0.29) is 5.91 Å². The van der Waals surface area contributed by atoms with Gasteiger partial charge in [0.05, 0.1) is 6.54 Å². The number of likely N-dealkylation sites (tertiary alicyclic amines) is 1. The Morgan fingerprint density at radius 2 is 2.11 bits per heavy atom. The summed E-state index contributed by atoms with van der Waals surface area (Å²) in [5, 5.41) is 2.94. The third-order valence-electron chi connectivity index (χ3n) is 3.81. The first kappa shape index (κ1) is 14.0. The Morgan fingerprint density at radius 3 is 2.68 bits per heavy atom. The maximum absolute atomic E-state index is 12.0. The zero-order chi connectivity index (χ0) is 13.8.